The highest BCUT2D eigenvalue weighted by molar-refractivity contribution is 4.99. The minimum Gasteiger partial charge on any atom is -0.385 e. The van der Waals surface area contributed by atoms with Gasteiger partial charge in [0.25, 0.3) is 0 Å². The first kappa shape index (κ1) is 14.1. The van der Waals surface area contributed by atoms with E-state index in [2.05, 4.69) is 10.1 Å². The van der Waals surface area contributed by atoms with Gasteiger partial charge in [0.15, 0.2) is 0 Å². The standard InChI is InChI=1S/C11H21N3O3/c1-11(2,16-4)10-13-9(17-14-10)8(12)6-5-7-15-3/h8H,5-7,12H2,1-4H3. The molecule has 0 aliphatic carbocycles. The first-order chi connectivity index (χ1) is 8.01. The lowest BCUT2D eigenvalue weighted by atomic mass is 10.1. The third-order valence-corrected chi connectivity index (χ3v) is 2.67. The predicted octanol–water partition coefficient (Wildman–Crippen LogP) is 1.38. The summed E-state index contributed by atoms with van der Waals surface area (Å²) in [6.07, 6.45) is 1.62. The van der Waals surface area contributed by atoms with E-state index in [4.69, 9.17) is 19.7 Å². The summed E-state index contributed by atoms with van der Waals surface area (Å²) in [4.78, 5) is 4.26. The minimum atomic E-state index is -0.562. The molecule has 0 aliphatic heterocycles. The molecule has 17 heavy (non-hydrogen) atoms. The predicted molar refractivity (Wildman–Crippen MR) is 62.4 cm³/mol. The van der Waals surface area contributed by atoms with Gasteiger partial charge >= 0.3 is 0 Å². The third-order valence-electron chi connectivity index (χ3n) is 2.67. The fraction of sp³-hybridized carbons (Fsp3) is 0.818. The molecule has 1 atom stereocenters. The molecule has 1 aromatic heterocycles. The van der Waals surface area contributed by atoms with Crippen LogP contribution in [0.5, 0.6) is 0 Å². The summed E-state index contributed by atoms with van der Waals surface area (Å²) in [5.41, 5.74) is 5.38. The van der Waals surface area contributed by atoms with Crippen molar-refractivity contribution in [3.8, 4) is 0 Å². The molecule has 0 aromatic carbocycles. The van der Waals surface area contributed by atoms with Gasteiger partial charge in [0.05, 0.1) is 6.04 Å². The van der Waals surface area contributed by atoms with Crippen LogP contribution in [0, 0.1) is 0 Å². The molecule has 0 saturated carbocycles. The van der Waals surface area contributed by atoms with Crippen molar-refractivity contribution in [2.75, 3.05) is 20.8 Å². The van der Waals surface area contributed by atoms with E-state index in [0.29, 0.717) is 18.3 Å². The number of aromatic nitrogens is 2. The molecule has 98 valence electrons. The Balaban J connectivity index is 2.61. The molecule has 0 saturated heterocycles. The number of nitrogens with two attached hydrogens (primary N) is 1. The first-order valence-electron chi connectivity index (χ1n) is 5.65. The van der Waals surface area contributed by atoms with Crippen LogP contribution >= 0.6 is 0 Å². The van der Waals surface area contributed by atoms with Gasteiger partial charge in [0.2, 0.25) is 11.7 Å². The van der Waals surface area contributed by atoms with Crippen molar-refractivity contribution in [2.24, 2.45) is 5.73 Å². The van der Waals surface area contributed by atoms with Crippen molar-refractivity contribution in [3.63, 3.8) is 0 Å². The molecule has 0 fully saturated rings. The molecule has 0 amide bonds. The molecular weight excluding hydrogens is 222 g/mol. The lowest BCUT2D eigenvalue weighted by Gasteiger charge is -2.17. The van der Waals surface area contributed by atoms with Crippen molar-refractivity contribution in [3.05, 3.63) is 11.7 Å². The summed E-state index contributed by atoms with van der Waals surface area (Å²) in [6.45, 7) is 4.43. The van der Waals surface area contributed by atoms with Crippen molar-refractivity contribution in [1.82, 2.24) is 10.1 Å². The molecule has 1 heterocycles. The highest BCUT2D eigenvalue weighted by Gasteiger charge is 2.27. The van der Waals surface area contributed by atoms with Gasteiger partial charge in [-0.25, -0.2) is 0 Å². The Morgan fingerprint density at radius 2 is 2.12 bits per heavy atom. The van der Waals surface area contributed by atoms with E-state index in [9.17, 15) is 0 Å². The van der Waals surface area contributed by atoms with Gasteiger partial charge in [0.1, 0.15) is 5.60 Å². The Morgan fingerprint density at radius 3 is 2.71 bits per heavy atom. The number of rotatable bonds is 7. The molecule has 2 N–H and O–H groups in total. The quantitative estimate of drug-likeness (QED) is 0.728. The topological polar surface area (TPSA) is 83.4 Å². The Kier molecular flexibility index (Phi) is 5.04. The second kappa shape index (κ2) is 6.09. The van der Waals surface area contributed by atoms with E-state index in [1.165, 1.54) is 0 Å². The van der Waals surface area contributed by atoms with E-state index in [1.54, 1.807) is 14.2 Å². The lowest BCUT2D eigenvalue weighted by Crippen LogP contribution is -2.21. The van der Waals surface area contributed by atoms with Crippen molar-refractivity contribution in [1.29, 1.82) is 0 Å². The normalized spacial score (nSPS) is 13.9. The van der Waals surface area contributed by atoms with E-state index in [1.807, 2.05) is 13.8 Å². The van der Waals surface area contributed by atoms with Gasteiger partial charge in [-0.15, -0.1) is 0 Å². The van der Waals surface area contributed by atoms with Crippen molar-refractivity contribution in [2.45, 2.75) is 38.3 Å². The third kappa shape index (κ3) is 3.76. The SMILES string of the molecule is COCCCC(N)c1nc(C(C)(C)OC)no1. The maximum atomic E-state index is 5.94. The van der Waals surface area contributed by atoms with Crippen LogP contribution in [0.3, 0.4) is 0 Å². The Morgan fingerprint density at radius 1 is 1.41 bits per heavy atom. The van der Waals surface area contributed by atoms with Crippen LogP contribution in [-0.2, 0) is 15.1 Å². The number of hydrogen-bond acceptors (Lipinski definition) is 6. The Labute approximate surface area is 101 Å². The lowest BCUT2D eigenvalue weighted by molar-refractivity contribution is 0.00973. The molecule has 0 radical (unpaired) electrons. The van der Waals surface area contributed by atoms with Crippen molar-refractivity contribution < 1.29 is 14.0 Å². The van der Waals surface area contributed by atoms with Crippen LogP contribution in [-0.4, -0.2) is 31.0 Å². The highest BCUT2D eigenvalue weighted by atomic mass is 16.5. The van der Waals surface area contributed by atoms with Crippen LogP contribution in [0.1, 0.15) is 44.4 Å². The molecule has 6 nitrogen and oxygen atoms in total. The molecule has 0 bridgehead atoms. The fourth-order valence-corrected chi connectivity index (χ4v) is 1.29. The first-order valence-corrected chi connectivity index (χ1v) is 5.65. The molecule has 6 heteroatoms. The molecule has 0 aliphatic rings. The fourth-order valence-electron chi connectivity index (χ4n) is 1.29. The number of hydrogen-bond donors (Lipinski definition) is 1. The van der Waals surface area contributed by atoms with Gasteiger partial charge in [-0.3, -0.25) is 0 Å². The van der Waals surface area contributed by atoms with Gasteiger partial charge in [-0.1, -0.05) is 5.16 Å². The summed E-state index contributed by atoms with van der Waals surface area (Å²) in [6, 6.07) is -0.251. The Hall–Kier alpha value is -0.980. The van der Waals surface area contributed by atoms with Gasteiger partial charge in [-0.2, -0.15) is 4.98 Å². The zero-order valence-corrected chi connectivity index (χ0v) is 10.9. The number of ether oxygens (including phenoxy) is 2. The molecule has 0 spiro atoms. The average molecular weight is 243 g/mol. The van der Waals surface area contributed by atoms with Crippen molar-refractivity contribution >= 4 is 0 Å². The van der Waals surface area contributed by atoms with Crippen LogP contribution < -0.4 is 5.73 Å². The Bertz CT molecular complexity index is 338. The summed E-state index contributed by atoms with van der Waals surface area (Å²) in [7, 11) is 3.27. The molecular formula is C11H21N3O3. The van der Waals surface area contributed by atoms with E-state index in [0.717, 1.165) is 12.8 Å². The molecule has 1 rings (SSSR count). The second-order valence-electron chi connectivity index (χ2n) is 4.41. The summed E-state index contributed by atoms with van der Waals surface area (Å²) in [5.74, 6) is 0.957. The minimum absolute atomic E-state index is 0.251. The van der Waals surface area contributed by atoms with E-state index >= 15 is 0 Å². The summed E-state index contributed by atoms with van der Waals surface area (Å²) in [5, 5.41) is 3.89. The summed E-state index contributed by atoms with van der Waals surface area (Å²) >= 11 is 0. The van der Waals surface area contributed by atoms with Crippen LogP contribution in [0.15, 0.2) is 4.52 Å². The molecule has 1 unspecified atom stereocenters. The largest absolute Gasteiger partial charge is 0.385 e. The number of methoxy groups -OCH3 is 2. The van der Waals surface area contributed by atoms with Crippen LogP contribution in [0.25, 0.3) is 0 Å². The van der Waals surface area contributed by atoms with Crippen LogP contribution in [0.4, 0.5) is 0 Å². The number of nitrogens with zero attached hydrogens (tertiary/aromatic N) is 2. The van der Waals surface area contributed by atoms with E-state index in [-0.39, 0.29) is 6.04 Å². The molecule has 1 aromatic rings. The highest BCUT2D eigenvalue weighted by Crippen LogP contribution is 2.22. The maximum Gasteiger partial charge on any atom is 0.243 e. The monoisotopic (exact) mass is 243 g/mol. The van der Waals surface area contributed by atoms with Crippen LogP contribution in [0.2, 0.25) is 0 Å². The van der Waals surface area contributed by atoms with Gasteiger partial charge < -0.3 is 19.7 Å². The second-order valence-corrected chi connectivity index (χ2v) is 4.41. The summed E-state index contributed by atoms with van der Waals surface area (Å²) < 4.78 is 15.4. The smallest absolute Gasteiger partial charge is 0.243 e. The zero-order valence-electron chi connectivity index (χ0n) is 10.9. The van der Waals surface area contributed by atoms with Gasteiger partial charge in [-0.05, 0) is 26.7 Å². The zero-order chi connectivity index (χ0) is 12.9. The average Bonchev–Trinajstić information content (AvgIpc) is 2.79. The maximum absolute atomic E-state index is 5.94. The van der Waals surface area contributed by atoms with Gasteiger partial charge in [0, 0.05) is 20.8 Å². The van der Waals surface area contributed by atoms with E-state index < -0.39 is 5.60 Å².